The zero-order chi connectivity index (χ0) is 23.4. The fourth-order valence-electron chi connectivity index (χ4n) is 4.44. The molecule has 4 rings (SSSR count). The van der Waals surface area contributed by atoms with Crippen molar-refractivity contribution in [1.82, 2.24) is 5.16 Å². The first kappa shape index (κ1) is 22.4. The Balaban J connectivity index is 1.90. The van der Waals surface area contributed by atoms with Crippen molar-refractivity contribution in [1.29, 1.82) is 0 Å². The molecule has 0 saturated heterocycles. The first-order valence-electron chi connectivity index (χ1n) is 9.95. The number of benzene rings is 2. The Bertz CT molecular complexity index is 1260. The van der Waals surface area contributed by atoms with Gasteiger partial charge in [-0.15, -0.1) is 0 Å². The summed E-state index contributed by atoms with van der Waals surface area (Å²) in [6, 6.07) is 5.38. The summed E-state index contributed by atoms with van der Waals surface area (Å²) in [6.07, 6.45) is -5.34. The number of aromatic hydroxyl groups is 1. The van der Waals surface area contributed by atoms with Gasteiger partial charge < -0.3 is 20.1 Å². The normalized spacial score (nSPS) is 23.2. The highest BCUT2D eigenvalue weighted by molar-refractivity contribution is 6.32. The van der Waals surface area contributed by atoms with Gasteiger partial charge in [0.25, 0.3) is 0 Å². The third-order valence-corrected chi connectivity index (χ3v) is 6.45. The molecule has 0 amide bonds. The average molecular weight is 469 g/mol. The summed E-state index contributed by atoms with van der Waals surface area (Å²) in [6.45, 7) is 3.28. The molecule has 170 valence electrons. The lowest BCUT2D eigenvalue weighted by Crippen LogP contribution is -2.55. The summed E-state index contributed by atoms with van der Waals surface area (Å²) in [7, 11) is 0. The van der Waals surface area contributed by atoms with Crippen molar-refractivity contribution < 1.29 is 27.9 Å². The smallest absolute Gasteiger partial charge is 0.419 e. The van der Waals surface area contributed by atoms with Crippen LogP contribution in [-0.2, 0) is 0 Å². The van der Waals surface area contributed by atoms with Gasteiger partial charge in [-0.05, 0) is 55.5 Å². The highest BCUT2D eigenvalue weighted by Gasteiger charge is 2.62. The number of nitrogens with one attached hydrogen (secondary N) is 1. The van der Waals surface area contributed by atoms with Crippen molar-refractivity contribution >= 4 is 28.1 Å². The van der Waals surface area contributed by atoms with Gasteiger partial charge >= 0.3 is 11.8 Å². The second-order valence-corrected chi connectivity index (χ2v) is 8.43. The van der Waals surface area contributed by atoms with Gasteiger partial charge in [0.2, 0.25) is 0 Å². The zero-order valence-electron chi connectivity index (χ0n) is 17.1. The summed E-state index contributed by atoms with van der Waals surface area (Å²) in [5.41, 5.74) is -2.78. The number of hydrogen-bond acceptors (Lipinski definition) is 6. The Labute approximate surface area is 185 Å². The van der Waals surface area contributed by atoms with Gasteiger partial charge in [-0.3, -0.25) is 0 Å². The number of aromatic nitrogens is 1. The summed E-state index contributed by atoms with van der Waals surface area (Å²) >= 11 is 6.03. The van der Waals surface area contributed by atoms with Gasteiger partial charge in [0.05, 0.1) is 22.1 Å². The van der Waals surface area contributed by atoms with Crippen molar-refractivity contribution in [2.45, 2.75) is 50.4 Å². The number of fused-ring (bicyclic) bond motifs is 2. The van der Waals surface area contributed by atoms with Crippen LogP contribution in [0.2, 0.25) is 5.02 Å². The van der Waals surface area contributed by atoms with Gasteiger partial charge in [0.1, 0.15) is 5.75 Å². The van der Waals surface area contributed by atoms with Gasteiger partial charge in [0, 0.05) is 16.6 Å². The molecule has 0 spiro atoms. The Kier molecular flexibility index (Phi) is 5.37. The first-order chi connectivity index (χ1) is 15.0. The molecule has 1 aliphatic rings. The number of phenolic OH excluding ortho intramolecular Hbond substituents is 1. The zero-order valence-corrected chi connectivity index (χ0v) is 17.9. The van der Waals surface area contributed by atoms with Crippen LogP contribution in [0.5, 0.6) is 5.75 Å². The van der Waals surface area contributed by atoms with Crippen LogP contribution in [0.25, 0.3) is 10.8 Å². The number of hydrogen-bond donors (Lipinski definition) is 3. The molecule has 0 aliphatic heterocycles. The van der Waals surface area contributed by atoms with Crippen LogP contribution in [0.3, 0.4) is 0 Å². The van der Waals surface area contributed by atoms with Crippen LogP contribution in [0.1, 0.15) is 48.5 Å². The largest absolute Gasteiger partial charge is 0.506 e. The minimum Gasteiger partial charge on any atom is -0.506 e. The Morgan fingerprint density at radius 1 is 1.28 bits per heavy atom. The maximum atomic E-state index is 14.2. The fourth-order valence-corrected chi connectivity index (χ4v) is 4.61. The Morgan fingerprint density at radius 2 is 2.00 bits per heavy atom. The van der Waals surface area contributed by atoms with Gasteiger partial charge in [-0.25, -0.2) is 4.79 Å². The monoisotopic (exact) mass is 468 g/mol. The molecule has 0 radical (unpaired) electrons. The van der Waals surface area contributed by atoms with E-state index in [2.05, 4.69) is 15.0 Å². The topological polar surface area (TPSA) is 95.6 Å². The number of rotatable bonds is 3. The van der Waals surface area contributed by atoms with Crippen LogP contribution in [0.4, 0.5) is 18.9 Å². The van der Waals surface area contributed by atoms with E-state index in [9.17, 15) is 28.2 Å². The Hall–Kier alpha value is -2.78. The number of aliphatic hydroxyl groups is 1. The Morgan fingerprint density at radius 3 is 2.66 bits per heavy atom. The van der Waals surface area contributed by atoms with E-state index in [0.717, 1.165) is 0 Å². The molecule has 1 aliphatic carbocycles. The van der Waals surface area contributed by atoms with E-state index in [1.54, 1.807) is 13.8 Å². The molecule has 0 unspecified atom stereocenters. The molecular formula is C22H20ClF3N2O4. The van der Waals surface area contributed by atoms with E-state index in [4.69, 9.17) is 11.6 Å². The lowest BCUT2D eigenvalue weighted by Gasteiger charge is -2.46. The number of aryl methyl sites for hydroxylation is 1. The standard InChI is InChI=1S/C22H20ClF3N2O4/c1-3-11-9-21(31,22(24,25)26)19(14-6-7-16(23)18(29)17(11)14)27-12-4-5-13-15(8-12)10(2)28-32-20(13)30/h4-8,11,19,27,29,31H,3,9H2,1-2H3/t11-,19-,21+/m0/s1. The summed E-state index contributed by atoms with van der Waals surface area (Å²) in [5, 5.41) is 28.6. The summed E-state index contributed by atoms with van der Waals surface area (Å²) < 4.78 is 47.2. The number of anilines is 1. The average Bonchev–Trinajstić information content (AvgIpc) is 2.74. The second kappa shape index (κ2) is 7.67. The molecule has 3 N–H and O–H groups in total. The molecule has 2 aromatic carbocycles. The van der Waals surface area contributed by atoms with Crippen molar-refractivity contribution in [3.8, 4) is 5.75 Å². The molecule has 32 heavy (non-hydrogen) atoms. The molecule has 1 heterocycles. The third-order valence-electron chi connectivity index (χ3n) is 6.15. The molecule has 0 saturated carbocycles. The fraction of sp³-hybridized carbons (Fsp3) is 0.364. The predicted octanol–water partition coefficient (Wildman–Crippen LogP) is 5.20. The molecule has 1 aromatic heterocycles. The molecule has 3 aromatic rings. The molecule has 0 bridgehead atoms. The van der Waals surface area contributed by atoms with E-state index in [1.807, 2.05) is 0 Å². The van der Waals surface area contributed by atoms with Crippen LogP contribution in [0, 0.1) is 6.92 Å². The van der Waals surface area contributed by atoms with E-state index in [-0.39, 0.29) is 39.4 Å². The molecule has 3 atom stereocenters. The van der Waals surface area contributed by atoms with Crippen molar-refractivity contribution in [3.63, 3.8) is 0 Å². The van der Waals surface area contributed by atoms with Gasteiger partial charge in [0.15, 0.2) is 5.60 Å². The van der Waals surface area contributed by atoms with Gasteiger partial charge in [-0.1, -0.05) is 29.7 Å². The number of nitrogens with zero attached hydrogens (tertiary/aromatic N) is 1. The summed E-state index contributed by atoms with van der Waals surface area (Å²) in [5.74, 6) is -1.04. The number of alkyl halides is 3. The summed E-state index contributed by atoms with van der Waals surface area (Å²) in [4.78, 5) is 11.9. The maximum absolute atomic E-state index is 14.2. The van der Waals surface area contributed by atoms with Gasteiger partial charge in [-0.2, -0.15) is 13.2 Å². The SMILES string of the molecule is CC[C@H]1C[C@](O)(C(F)(F)F)[C@@H](Nc2ccc3c(=O)onc(C)c3c2)c2ccc(Cl)c(O)c21. The highest BCUT2D eigenvalue weighted by Crippen LogP contribution is 2.55. The lowest BCUT2D eigenvalue weighted by molar-refractivity contribution is -0.272. The number of phenols is 1. The third kappa shape index (κ3) is 3.40. The van der Waals surface area contributed by atoms with Crippen molar-refractivity contribution in [2.24, 2.45) is 0 Å². The van der Waals surface area contributed by atoms with E-state index >= 15 is 0 Å². The van der Waals surface area contributed by atoms with Crippen molar-refractivity contribution in [3.05, 3.63) is 62.6 Å². The van der Waals surface area contributed by atoms with Crippen LogP contribution >= 0.6 is 11.6 Å². The second-order valence-electron chi connectivity index (χ2n) is 8.02. The lowest BCUT2D eigenvalue weighted by atomic mass is 9.69. The van der Waals surface area contributed by atoms with Crippen LogP contribution in [-0.4, -0.2) is 27.1 Å². The van der Waals surface area contributed by atoms with Crippen LogP contribution < -0.4 is 10.9 Å². The van der Waals surface area contributed by atoms with Crippen molar-refractivity contribution in [2.75, 3.05) is 5.32 Å². The molecule has 10 heteroatoms. The predicted molar refractivity (Wildman–Crippen MR) is 113 cm³/mol. The minimum absolute atomic E-state index is 0.0255. The van der Waals surface area contributed by atoms with E-state index in [0.29, 0.717) is 11.1 Å². The molecule has 6 nitrogen and oxygen atoms in total. The number of halogens is 4. The highest BCUT2D eigenvalue weighted by atomic mass is 35.5. The molecular weight excluding hydrogens is 449 g/mol. The molecule has 0 fully saturated rings. The maximum Gasteiger partial charge on any atom is 0.419 e. The van der Waals surface area contributed by atoms with E-state index in [1.165, 1.54) is 30.3 Å². The minimum atomic E-state index is -4.96. The quantitative estimate of drug-likeness (QED) is 0.489. The van der Waals surface area contributed by atoms with Crippen LogP contribution in [0.15, 0.2) is 39.6 Å². The first-order valence-corrected chi connectivity index (χ1v) is 10.3. The van der Waals surface area contributed by atoms with E-state index < -0.39 is 35.8 Å².